The molecule has 0 bridgehead atoms. The van der Waals surface area contributed by atoms with E-state index in [1.807, 2.05) is 6.92 Å². The number of aryl methyl sites for hydroxylation is 1. The Labute approximate surface area is 138 Å². The van der Waals surface area contributed by atoms with Crippen LogP contribution in [0.15, 0.2) is 24.3 Å². The molecular formula is C20H27NO2. The van der Waals surface area contributed by atoms with Crippen LogP contribution in [0.4, 0.5) is 0 Å². The van der Waals surface area contributed by atoms with Crippen LogP contribution in [0.3, 0.4) is 0 Å². The molecule has 23 heavy (non-hydrogen) atoms. The maximum absolute atomic E-state index is 12.8. The Morgan fingerprint density at radius 2 is 2.00 bits per heavy atom. The fraction of sp³-hybridized carbons (Fsp3) is 0.600. The molecule has 0 aliphatic heterocycles. The smallest absolute Gasteiger partial charge is 0.223 e. The summed E-state index contributed by atoms with van der Waals surface area (Å²) in [6.45, 7) is 4.05. The van der Waals surface area contributed by atoms with Crippen LogP contribution >= 0.6 is 0 Å². The van der Waals surface area contributed by atoms with Crippen molar-refractivity contribution in [1.82, 2.24) is 5.32 Å². The number of carbonyl (C=O) groups is 2. The van der Waals surface area contributed by atoms with Crippen molar-refractivity contribution in [2.75, 3.05) is 0 Å². The number of rotatable bonds is 3. The van der Waals surface area contributed by atoms with Gasteiger partial charge in [-0.15, -0.1) is 0 Å². The Bertz CT molecular complexity index is 601. The summed E-state index contributed by atoms with van der Waals surface area (Å²) in [5.74, 6) is 0.471. The van der Waals surface area contributed by atoms with E-state index in [0.717, 1.165) is 25.7 Å². The van der Waals surface area contributed by atoms with E-state index in [1.165, 1.54) is 11.1 Å². The molecule has 2 aliphatic carbocycles. The van der Waals surface area contributed by atoms with Crippen molar-refractivity contribution in [3.63, 3.8) is 0 Å². The van der Waals surface area contributed by atoms with Crippen molar-refractivity contribution in [3.8, 4) is 0 Å². The van der Waals surface area contributed by atoms with Gasteiger partial charge in [-0.3, -0.25) is 9.59 Å². The van der Waals surface area contributed by atoms with Gasteiger partial charge in [0.1, 0.15) is 5.78 Å². The molecule has 3 nitrogen and oxygen atoms in total. The summed E-state index contributed by atoms with van der Waals surface area (Å²) >= 11 is 0. The Hall–Kier alpha value is -1.64. The van der Waals surface area contributed by atoms with Gasteiger partial charge >= 0.3 is 0 Å². The van der Waals surface area contributed by atoms with Gasteiger partial charge in [-0.2, -0.15) is 0 Å². The standard InChI is InChI=1S/C20H27NO2/c1-14-6-5-7-17(12-14)20(10-3-4-11-20)21-19(23)16-8-9-18(22)15(2)13-16/h5-7,12,15-16H,3-4,8-11,13H2,1-2H3,(H,21,23)/t15-,16+/m1/s1. The van der Waals surface area contributed by atoms with Crippen molar-refractivity contribution < 1.29 is 9.59 Å². The third kappa shape index (κ3) is 3.34. The van der Waals surface area contributed by atoms with Gasteiger partial charge in [0.25, 0.3) is 0 Å². The molecule has 1 N–H and O–H groups in total. The second kappa shape index (κ2) is 6.46. The first-order chi connectivity index (χ1) is 11.0. The van der Waals surface area contributed by atoms with Gasteiger partial charge in [0.15, 0.2) is 0 Å². The lowest BCUT2D eigenvalue weighted by atomic mass is 9.80. The average molecular weight is 313 g/mol. The van der Waals surface area contributed by atoms with Gasteiger partial charge in [0.2, 0.25) is 5.91 Å². The molecule has 0 radical (unpaired) electrons. The highest BCUT2D eigenvalue weighted by atomic mass is 16.2. The monoisotopic (exact) mass is 313 g/mol. The third-order valence-electron chi connectivity index (χ3n) is 5.69. The SMILES string of the molecule is Cc1cccc(C2(NC(=O)[C@H]3CCC(=O)[C@H](C)C3)CCCC2)c1. The number of ketones is 1. The van der Waals surface area contributed by atoms with Crippen LogP contribution in [0.1, 0.15) is 63.0 Å². The zero-order chi connectivity index (χ0) is 16.4. The fourth-order valence-electron chi connectivity index (χ4n) is 4.22. The molecule has 2 saturated carbocycles. The van der Waals surface area contributed by atoms with Crippen LogP contribution in [0, 0.1) is 18.8 Å². The van der Waals surface area contributed by atoms with E-state index in [0.29, 0.717) is 25.0 Å². The summed E-state index contributed by atoms with van der Waals surface area (Å²) in [5.41, 5.74) is 2.27. The highest BCUT2D eigenvalue weighted by Crippen LogP contribution is 2.40. The van der Waals surface area contributed by atoms with E-state index in [-0.39, 0.29) is 23.3 Å². The van der Waals surface area contributed by atoms with E-state index >= 15 is 0 Å². The van der Waals surface area contributed by atoms with Crippen LogP contribution in [0.2, 0.25) is 0 Å². The quantitative estimate of drug-likeness (QED) is 0.920. The van der Waals surface area contributed by atoms with Crippen LogP contribution < -0.4 is 5.32 Å². The summed E-state index contributed by atoms with van der Waals surface area (Å²) in [5, 5.41) is 3.39. The van der Waals surface area contributed by atoms with Crippen LogP contribution in [-0.4, -0.2) is 11.7 Å². The summed E-state index contributed by atoms with van der Waals surface area (Å²) in [7, 11) is 0. The largest absolute Gasteiger partial charge is 0.346 e. The molecule has 3 heteroatoms. The summed E-state index contributed by atoms with van der Waals surface area (Å²) in [4.78, 5) is 24.5. The van der Waals surface area contributed by atoms with E-state index in [4.69, 9.17) is 0 Å². The zero-order valence-corrected chi connectivity index (χ0v) is 14.2. The van der Waals surface area contributed by atoms with Crippen LogP contribution in [0.5, 0.6) is 0 Å². The minimum Gasteiger partial charge on any atom is -0.346 e. The van der Waals surface area contributed by atoms with E-state index in [1.54, 1.807) is 0 Å². The van der Waals surface area contributed by atoms with Gasteiger partial charge in [-0.1, -0.05) is 49.6 Å². The lowest BCUT2D eigenvalue weighted by molar-refractivity contribution is -0.132. The number of hydrogen-bond acceptors (Lipinski definition) is 2. The lowest BCUT2D eigenvalue weighted by Gasteiger charge is -2.34. The Kier molecular flexibility index (Phi) is 4.56. The minimum absolute atomic E-state index is 0.00927. The van der Waals surface area contributed by atoms with Crippen molar-refractivity contribution >= 4 is 11.7 Å². The van der Waals surface area contributed by atoms with Crippen molar-refractivity contribution in [2.24, 2.45) is 11.8 Å². The molecular weight excluding hydrogens is 286 g/mol. The maximum Gasteiger partial charge on any atom is 0.223 e. The van der Waals surface area contributed by atoms with Crippen molar-refractivity contribution in [1.29, 1.82) is 0 Å². The number of Topliss-reactive ketones (excluding diaryl/α,β-unsaturated/α-hetero) is 1. The summed E-state index contributed by atoms with van der Waals surface area (Å²) < 4.78 is 0. The van der Waals surface area contributed by atoms with E-state index in [2.05, 4.69) is 36.5 Å². The molecule has 2 aliphatic rings. The topological polar surface area (TPSA) is 46.2 Å². The van der Waals surface area contributed by atoms with Gasteiger partial charge in [-0.25, -0.2) is 0 Å². The second-order valence-corrected chi connectivity index (χ2v) is 7.49. The van der Waals surface area contributed by atoms with Crippen LogP contribution in [-0.2, 0) is 15.1 Å². The number of benzene rings is 1. The molecule has 124 valence electrons. The highest BCUT2D eigenvalue weighted by Gasteiger charge is 2.39. The molecule has 0 spiro atoms. The third-order valence-corrected chi connectivity index (χ3v) is 5.69. The maximum atomic E-state index is 12.8. The molecule has 0 saturated heterocycles. The first-order valence-corrected chi connectivity index (χ1v) is 8.92. The number of nitrogens with one attached hydrogen (secondary N) is 1. The number of hydrogen-bond donors (Lipinski definition) is 1. The second-order valence-electron chi connectivity index (χ2n) is 7.49. The molecule has 1 aromatic rings. The zero-order valence-electron chi connectivity index (χ0n) is 14.2. The predicted molar refractivity (Wildman–Crippen MR) is 91.0 cm³/mol. The molecule has 1 aromatic carbocycles. The van der Waals surface area contributed by atoms with E-state index < -0.39 is 0 Å². The molecule has 0 unspecified atom stereocenters. The van der Waals surface area contributed by atoms with Crippen molar-refractivity contribution in [2.45, 2.75) is 64.3 Å². The first kappa shape index (κ1) is 16.2. The molecule has 2 atom stereocenters. The van der Waals surface area contributed by atoms with Gasteiger partial charge in [-0.05, 0) is 38.2 Å². The minimum atomic E-state index is -0.201. The van der Waals surface area contributed by atoms with Crippen LogP contribution in [0.25, 0.3) is 0 Å². The van der Waals surface area contributed by atoms with Gasteiger partial charge in [0.05, 0.1) is 5.54 Å². The number of carbonyl (C=O) groups excluding carboxylic acids is 2. The molecule has 0 aromatic heterocycles. The van der Waals surface area contributed by atoms with Gasteiger partial charge in [0, 0.05) is 18.3 Å². The molecule has 1 amide bonds. The Morgan fingerprint density at radius 3 is 2.65 bits per heavy atom. The molecule has 0 heterocycles. The lowest BCUT2D eigenvalue weighted by Crippen LogP contribution is -2.47. The van der Waals surface area contributed by atoms with E-state index in [9.17, 15) is 9.59 Å². The summed E-state index contributed by atoms with van der Waals surface area (Å²) in [6, 6.07) is 8.53. The predicted octanol–water partition coefficient (Wildman–Crippen LogP) is 3.89. The average Bonchev–Trinajstić information content (AvgIpc) is 3.00. The summed E-state index contributed by atoms with van der Waals surface area (Å²) in [6.07, 6.45) is 6.32. The normalized spacial score (nSPS) is 27.0. The molecule has 3 rings (SSSR count). The Balaban J connectivity index is 1.77. The Morgan fingerprint density at radius 1 is 1.26 bits per heavy atom. The fourth-order valence-corrected chi connectivity index (χ4v) is 4.22. The molecule has 2 fully saturated rings. The number of amides is 1. The highest BCUT2D eigenvalue weighted by molar-refractivity contribution is 5.86. The first-order valence-electron chi connectivity index (χ1n) is 8.92. The van der Waals surface area contributed by atoms with Gasteiger partial charge < -0.3 is 5.32 Å². The van der Waals surface area contributed by atoms with Crippen molar-refractivity contribution in [3.05, 3.63) is 35.4 Å².